The molecule has 0 spiro atoms. The SMILES string of the molecule is CNCCC1CCCCN1Cc1ccc(C(=O)O)o1. The predicted molar refractivity (Wildman–Crippen MR) is 72.3 cm³/mol. The first kappa shape index (κ1) is 14.1. The van der Waals surface area contributed by atoms with E-state index in [0.717, 1.165) is 25.3 Å². The highest BCUT2D eigenvalue weighted by molar-refractivity contribution is 5.84. The molecule has 1 aliphatic rings. The minimum Gasteiger partial charge on any atom is -0.475 e. The fourth-order valence-electron chi connectivity index (χ4n) is 2.68. The Labute approximate surface area is 113 Å². The summed E-state index contributed by atoms with van der Waals surface area (Å²) in [6, 6.07) is 3.87. The monoisotopic (exact) mass is 266 g/mol. The number of carboxylic acid groups (broad SMARTS) is 1. The van der Waals surface area contributed by atoms with Gasteiger partial charge in [-0.15, -0.1) is 0 Å². The normalized spacial score (nSPS) is 20.6. The van der Waals surface area contributed by atoms with Gasteiger partial charge in [0.05, 0.1) is 6.54 Å². The first-order valence-corrected chi connectivity index (χ1v) is 6.91. The van der Waals surface area contributed by atoms with Crippen LogP contribution in [0, 0.1) is 0 Å². The first-order valence-electron chi connectivity index (χ1n) is 6.91. The maximum atomic E-state index is 10.8. The van der Waals surface area contributed by atoms with Crippen LogP contribution in [-0.2, 0) is 6.54 Å². The Balaban J connectivity index is 1.95. The van der Waals surface area contributed by atoms with E-state index in [0.29, 0.717) is 12.6 Å². The van der Waals surface area contributed by atoms with Crippen LogP contribution in [0.15, 0.2) is 16.5 Å². The van der Waals surface area contributed by atoms with Gasteiger partial charge >= 0.3 is 5.97 Å². The van der Waals surface area contributed by atoms with E-state index >= 15 is 0 Å². The second kappa shape index (κ2) is 6.73. The summed E-state index contributed by atoms with van der Waals surface area (Å²) < 4.78 is 5.34. The number of likely N-dealkylation sites (tertiary alicyclic amines) is 1. The Hall–Kier alpha value is -1.33. The zero-order chi connectivity index (χ0) is 13.7. The van der Waals surface area contributed by atoms with Gasteiger partial charge in [0.2, 0.25) is 5.76 Å². The molecule has 1 aromatic rings. The summed E-state index contributed by atoms with van der Waals surface area (Å²) in [5.74, 6) is -0.232. The lowest BCUT2D eigenvalue weighted by Crippen LogP contribution is -2.40. The third-order valence-corrected chi connectivity index (χ3v) is 3.71. The smallest absolute Gasteiger partial charge is 0.371 e. The number of carbonyl (C=O) groups is 1. The highest BCUT2D eigenvalue weighted by atomic mass is 16.4. The topological polar surface area (TPSA) is 65.7 Å². The Morgan fingerprint density at radius 1 is 1.53 bits per heavy atom. The molecular weight excluding hydrogens is 244 g/mol. The maximum absolute atomic E-state index is 10.8. The summed E-state index contributed by atoms with van der Waals surface area (Å²) in [6.07, 6.45) is 4.84. The zero-order valence-corrected chi connectivity index (χ0v) is 11.4. The maximum Gasteiger partial charge on any atom is 0.371 e. The van der Waals surface area contributed by atoms with Crippen molar-refractivity contribution in [2.24, 2.45) is 0 Å². The van der Waals surface area contributed by atoms with Gasteiger partial charge in [-0.1, -0.05) is 6.42 Å². The summed E-state index contributed by atoms with van der Waals surface area (Å²) in [6.45, 7) is 2.79. The van der Waals surface area contributed by atoms with Crippen molar-refractivity contribution in [1.82, 2.24) is 10.2 Å². The lowest BCUT2D eigenvalue weighted by molar-refractivity contribution is 0.0654. The van der Waals surface area contributed by atoms with Gasteiger partial charge in [0.1, 0.15) is 5.76 Å². The molecule has 1 atom stereocenters. The van der Waals surface area contributed by atoms with Crippen LogP contribution in [0.2, 0.25) is 0 Å². The van der Waals surface area contributed by atoms with Gasteiger partial charge in [-0.05, 0) is 51.5 Å². The molecule has 5 nitrogen and oxygen atoms in total. The predicted octanol–water partition coefficient (Wildman–Crippen LogP) is 1.94. The van der Waals surface area contributed by atoms with Crippen LogP contribution in [0.5, 0.6) is 0 Å². The van der Waals surface area contributed by atoms with Crippen molar-refractivity contribution in [2.45, 2.75) is 38.3 Å². The Bertz CT molecular complexity index is 417. The van der Waals surface area contributed by atoms with Crippen LogP contribution < -0.4 is 5.32 Å². The van der Waals surface area contributed by atoms with Crippen molar-refractivity contribution < 1.29 is 14.3 Å². The molecule has 1 saturated heterocycles. The minimum absolute atomic E-state index is 0.0267. The first-order chi connectivity index (χ1) is 9.20. The average molecular weight is 266 g/mol. The van der Waals surface area contributed by atoms with E-state index in [4.69, 9.17) is 9.52 Å². The third kappa shape index (κ3) is 3.81. The Morgan fingerprint density at radius 2 is 2.37 bits per heavy atom. The molecule has 19 heavy (non-hydrogen) atoms. The average Bonchev–Trinajstić information content (AvgIpc) is 2.86. The second-order valence-corrected chi connectivity index (χ2v) is 5.08. The van der Waals surface area contributed by atoms with Gasteiger partial charge in [0.25, 0.3) is 0 Å². The van der Waals surface area contributed by atoms with E-state index in [9.17, 15) is 4.79 Å². The highest BCUT2D eigenvalue weighted by Crippen LogP contribution is 2.22. The van der Waals surface area contributed by atoms with Crippen LogP contribution >= 0.6 is 0 Å². The number of hydrogen-bond donors (Lipinski definition) is 2. The van der Waals surface area contributed by atoms with Gasteiger partial charge in [-0.3, -0.25) is 4.90 Å². The van der Waals surface area contributed by atoms with Gasteiger partial charge in [0.15, 0.2) is 0 Å². The number of rotatable bonds is 6. The number of piperidine rings is 1. The van der Waals surface area contributed by atoms with Crippen molar-refractivity contribution >= 4 is 5.97 Å². The van der Waals surface area contributed by atoms with Gasteiger partial charge in [-0.25, -0.2) is 4.79 Å². The molecule has 0 radical (unpaired) electrons. The summed E-state index contributed by atoms with van der Waals surface area (Å²) >= 11 is 0. The van der Waals surface area contributed by atoms with Crippen molar-refractivity contribution in [3.8, 4) is 0 Å². The molecule has 1 aliphatic heterocycles. The van der Waals surface area contributed by atoms with Gasteiger partial charge in [-0.2, -0.15) is 0 Å². The number of furan rings is 1. The van der Waals surface area contributed by atoms with Crippen LogP contribution in [0.25, 0.3) is 0 Å². The summed E-state index contributed by atoms with van der Waals surface area (Å²) in [4.78, 5) is 13.2. The fraction of sp³-hybridized carbons (Fsp3) is 0.643. The molecular formula is C14H22N2O3. The molecule has 1 unspecified atom stereocenters. The molecule has 0 amide bonds. The Kier molecular flexibility index (Phi) is 4.99. The van der Waals surface area contributed by atoms with Crippen LogP contribution in [-0.4, -0.2) is 42.2 Å². The molecule has 2 heterocycles. The van der Waals surface area contributed by atoms with Crippen LogP contribution in [0.4, 0.5) is 0 Å². The van der Waals surface area contributed by atoms with Gasteiger partial charge in [0, 0.05) is 6.04 Å². The van der Waals surface area contributed by atoms with E-state index in [1.807, 2.05) is 7.05 Å². The van der Waals surface area contributed by atoms with Crippen molar-refractivity contribution in [2.75, 3.05) is 20.1 Å². The number of nitrogens with zero attached hydrogens (tertiary/aromatic N) is 1. The molecule has 1 aromatic heterocycles. The number of hydrogen-bond acceptors (Lipinski definition) is 4. The van der Waals surface area contributed by atoms with E-state index in [2.05, 4.69) is 10.2 Å². The summed E-state index contributed by atoms with van der Waals surface area (Å²) in [5.41, 5.74) is 0. The summed E-state index contributed by atoms with van der Waals surface area (Å²) in [5, 5.41) is 12.0. The quantitative estimate of drug-likeness (QED) is 0.823. The van der Waals surface area contributed by atoms with Crippen molar-refractivity contribution in [3.05, 3.63) is 23.7 Å². The van der Waals surface area contributed by atoms with E-state index in [1.54, 1.807) is 6.07 Å². The Morgan fingerprint density at radius 3 is 3.05 bits per heavy atom. The van der Waals surface area contributed by atoms with Crippen LogP contribution in [0.3, 0.4) is 0 Å². The van der Waals surface area contributed by atoms with E-state index in [-0.39, 0.29) is 5.76 Å². The largest absolute Gasteiger partial charge is 0.475 e. The molecule has 0 saturated carbocycles. The minimum atomic E-state index is -1.00. The van der Waals surface area contributed by atoms with Crippen molar-refractivity contribution in [3.63, 3.8) is 0 Å². The molecule has 0 bridgehead atoms. The van der Waals surface area contributed by atoms with Crippen molar-refractivity contribution in [1.29, 1.82) is 0 Å². The lowest BCUT2D eigenvalue weighted by atomic mass is 9.99. The molecule has 5 heteroatoms. The number of nitrogens with one attached hydrogen (secondary N) is 1. The molecule has 0 aliphatic carbocycles. The molecule has 106 valence electrons. The highest BCUT2D eigenvalue weighted by Gasteiger charge is 2.23. The molecule has 2 rings (SSSR count). The molecule has 1 fully saturated rings. The fourth-order valence-corrected chi connectivity index (χ4v) is 2.68. The number of aromatic carboxylic acids is 1. The standard InChI is InChI=1S/C14H22N2O3/c1-15-8-7-11-4-2-3-9-16(11)10-12-5-6-13(19-12)14(17)18/h5-6,11,15H,2-4,7-10H2,1H3,(H,17,18). The molecule has 0 aromatic carbocycles. The third-order valence-electron chi connectivity index (χ3n) is 3.71. The second-order valence-electron chi connectivity index (χ2n) is 5.08. The lowest BCUT2D eigenvalue weighted by Gasteiger charge is -2.35. The van der Waals surface area contributed by atoms with Gasteiger partial charge < -0.3 is 14.8 Å². The summed E-state index contributed by atoms with van der Waals surface area (Å²) in [7, 11) is 1.97. The van der Waals surface area contributed by atoms with E-state index in [1.165, 1.54) is 25.3 Å². The molecule has 2 N–H and O–H groups in total. The van der Waals surface area contributed by atoms with Crippen LogP contribution in [0.1, 0.15) is 42.0 Å². The number of carboxylic acids is 1. The zero-order valence-electron chi connectivity index (χ0n) is 11.4. The van der Waals surface area contributed by atoms with E-state index < -0.39 is 5.97 Å².